The third-order valence-electron chi connectivity index (χ3n) is 1.34. The number of rotatable bonds is 1. The Morgan fingerprint density at radius 3 is 2.31 bits per heavy atom. The molecule has 72 valence electrons. The van der Waals surface area contributed by atoms with Gasteiger partial charge in [-0.05, 0) is 12.1 Å². The summed E-state index contributed by atoms with van der Waals surface area (Å²) in [5.41, 5.74) is 8.31. The fourth-order valence-electron chi connectivity index (χ4n) is 0.782. The Morgan fingerprint density at radius 1 is 1.31 bits per heavy atom. The molecule has 0 aromatic heterocycles. The van der Waals surface area contributed by atoms with Crippen molar-refractivity contribution in [3.63, 3.8) is 0 Å². The van der Waals surface area contributed by atoms with E-state index in [-0.39, 0.29) is 5.91 Å². The molecule has 1 rings (SSSR count). The van der Waals surface area contributed by atoms with Crippen molar-refractivity contribution in [1.29, 1.82) is 0 Å². The summed E-state index contributed by atoms with van der Waals surface area (Å²) in [7, 11) is 0. The third-order valence-corrected chi connectivity index (χ3v) is 1.34. The Morgan fingerprint density at radius 2 is 1.85 bits per heavy atom. The number of amides is 1. The Hall–Kier alpha value is -1.55. The molecule has 0 aliphatic carbocycles. The highest BCUT2D eigenvalue weighted by molar-refractivity contribution is 5.98. The Balaban J connectivity index is 0.000000671. The number of nitrogen functional groups attached to an aromatic ring is 2. The molecule has 1 aromatic rings. The van der Waals surface area contributed by atoms with Gasteiger partial charge in [0.15, 0.2) is 0 Å². The van der Waals surface area contributed by atoms with Crippen molar-refractivity contribution < 1.29 is 4.79 Å². The minimum Gasteiger partial charge on any atom is -0.398 e. The minimum atomic E-state index is -0.372. The van der Waals surface area contributed by atoms with Crippen LogP contribution in [0.25, 0.3) is 0 Å². The molecule has 0 bridgehead atoms. The SMILES string of the molecule is CC.NNC(=O)c1ccccc1N. The fraction of sp³-hybridized carbons (Fsp3) is 0.222. The number of benzene rings is 1. The van der Waals surface area contributed by atoms with Gasteiger partial charge in [-0.3, -0.25) is 10.2 Å². The van der Waals surface area contributed by atoms with Crippen molar-refractivity contribution in [1.82, 2.24) is 5.43 Å². The first-order valence-corrected chi connectivity index (χ1v) is 4.11. The molecule has 0 saturated heterocycles. The smallest absolute Gasteiger partial charge is 0.267 e. The first kappa shape index (κ1) is 11.4. The van der Waals surface area contributed by atoms with Crippen LogP contribution in [0.3, 0.4) is 0 Å². The van der Waals surface area contributed by atoms with Gasteiger partial charge >= 0.3 is 0 Å². The third kappa shape index (κ3) is 3.13. The van der Waals surface area contributed by atoms with E-state index in [1.165, 1.54) is 0 Å². The van der Waals surface area contributed by atoms with Crippen molar-refractivity contribution in [2.75, 3.05) is 5.73 Å². The lowest BCUT2D eigenvalue weighted by molar-refractivity contribution is 0.0954. The van der Waals surface area contributed by atoms with Gasteiger partial charge in [0.1, 0.15) is 0 Å². The summed E-state index contributed by atoms with van der Waals surface area (Å²) in [5, 5.41) is 0. The van der Waals surface area contributed by atoms with E-state index in [1.54, 1.807) is 24.3 Å². The number of anilines is 1. The van der Waals surface area contributed by atoms with Crippen LogP contribution in [0.15, 0.2) is 24.3 Å². The monoisotopic (exact) mass is 181 g/mol. The zero-order valence-corrected chi connectivity index (χ0v) is 7.87. The summed E-state index contributed by atoms with van der Waals surface area (Å²) in [6.07, 6.45) is 0. The molecule has 0 saturated carbocycles. The van der Waals surface area contributed by atoms with Gasteiger partial charge < -0.3 is 5.73 Å². The highest BCUT2D eigenvalue weighted by Gasteiger charge is 2.04. The maximum atomic E-state index is 10.9. The quantitative estimate of drug-likeness (QED) is 0.260. The molecule has 0 unspecified atom stereocenters. The highest BCUT2D eigenvalue weighted by Crippen LogP contribution is 2.08. The standard InChI is InChI=1S/C7H9N3O.C2H6/c8-6-4-2-1-3-5(6)7(11)10-9;1-2/h1-4H,8-9H2,(H,10,11);1-2H3. The van der Waals surface area contributed by atoms with Gasteiger partial charge in [-0.2, -0.15) is 0 Å². The average molecular weight is 181 g/mol. The zero-order chi connectivity index (χ0) is 10.3. The Bertz CT molecular complexity index is 273. The van der Waals surface area contributed by atoms with E-state index in [9.17, 15) is 4.79 Å². The molecule has 0 fully saturated rings. The maximum absolute atomic E-state index is 10.9. The van der Waals surface area contributed by atoms with Gasteiger partial charge in [-0.1, -0.05) is 26.0 Å². The second kappa shape index (κ2) is 6.02. The van der Waals surface area contributed by atoms with Gasteiger partial charge in [0.05, 0.1) is 5.56 Å². The van der Waals surface area contributed by atoms with E-state index in [0.717, 1.165) is 0 Å². The predicted octanol–water partition coefficient (Wildman–Crippen LogP) is 0.899. The molecular weight excluding hydrogens is 166 g/mol. The molecule has 5 N–H and O–H groups in total. The van der Waals surface area contributed by atoms with Gasteiger partial charge in [0.25, 0.3) is 5.91 Å². The van der Waals surface area contributed by atoms with Crippen LogP contribution in [0.4, 0.5) is 5.69 Å². The molecule has 0 aliphatic rings. The molecule has 0 aliphatic heterocycles. The topological polar surface area (TPSA) is 81.1 Å². The summed E-state index contributed by atoms with van der Waals surface area (Å²) < 4.78 is 0. The lowest BCUT2D eigenvalue weighted by Crippen LogP contribution is -2.30. The lowest BCUT2D eigenvalue weighted by Gasteiger charge is -2.01. The number of hydrogen-bond donors (Lipinski definition) is 3. The van der Waals surface area contributed by atoms with Crippen molar-refractivity contribution in [2.45, 2.75) is 13.8 Å². The number of carbonyl (C=O) groups excluding carboxylic acids is 1. The van der Waals surface area contributed by atoms with Crippen LogP contribution < -0.4 is 17.0 Å². The summed E-state index contributed by atoms with van der Waals surface area (Å²) in [4.78, 5) is 10.9. The number of nitrogens with one attached hydrogen (secondary N) is 1. The molecule has 0 heterocycles. The molecule has 13 heavy (non-hydrogen) atoms. The van der Waals surface area contributed by atoms with Gasteiger partial charge in [0, 0.05) is 5.69 Å². The summed E-state index contributed by atoms with van der Waals surface area (Å²) >= 11 is 0. The largest absolute Gasteiger partial charge is 0.398 e. The predicted molar refractivity (Wildman–Crippen MR) is 53.9 cm³/mol. The van der Waals surface area contributed by atoms with Crippen LogP contribution in [0.5, 0.6) is 0 Å². The molecule has 0 radical (unpaired) electrons. The van der Waals surface area contributed by atoms with Crippen LogP contribution >= 0.6 is 0 Å². The molecule has 4 heteroatoms. The maximum Gasteiger partial charge on any atom is 0.267 e. The van der Waals surface area contributed by atoms with Crippen LogP contribution in [-0.2, 0) is 0 Å². The lowest BCUT2D eigenvalue weighted by atomic mass is 10.2. The van der Waals surface area contributed by atoms with Gasteiger partial charge in [0.2, 0.25) is 0 Å². The first-order chi connectivity index (χ1) is 6.25. The van der Waals surface area contributed by atoms with Crippen LogP contribution in [0.2, 0.25) is 0 Å². The van der Waals surface area contributed by atoms with Crippen molar-refractivity contribution in [3.05, 3.63) is 29.8 Å². The van der Waals surface area contributed by atoms with E-state index >= 15 is 0 Å². The second-order valence-corrected chi connectivity index (χ2v) is 2.06. The summed E-state index contributed by atoms with van der Waals surface area (Å²) in [5.74, 6) is 4.55. The second-order valence-electron chi connectivity index (χ2n) is 2.06. The van der Waals surface area contributed by atoms with Gasteiger partial charge in [-0.15, -0.1) is 0 Å². The highest BCUT2D eigenvalue weighted by atomic mass is 16.2. The van der Waals surface area contributed by atoms with Crippen LogP contribution in [0.1, 0.15) is 24.2 Å². The first-order valence-electron chi connectivity index (χ1n) is 4.11. The average Bonchev–Trinajstić information content (AvgIpc) is 2.20. The number of carbonyl (C=O) groups is 1. The van der Waals surface area contributed by atoms with E-state index < -0.39 is 0 Å². The van der Waals surface area contributed by atoms with Crippen LogP contribution in [-0.4, -0.2) is 5.91 Å². The molecule has 1 aromatic carbocycles. The van der Waals surface area contributed by atoms with Crippen molar-refractivity contribution in [2.24, 2.45) is 5.84 Å². The number of para-hydroxylation sites is 1. The summed E-state index contributed by atoms with van der Waals surface area (Å²) in [6.45, 7) is 4.00. The summed E-state index contributed by atoms with van der Waals surface area (Å²) in [6, 6.07) is 6.73. The van der Waals surface area contributed by atoms with E-state index in [1.807, 2.05) is 19.3 Å². The van der Waals surface area contributed by atoms with Gasteiger partial charge in [-0.25, -0.2) is 5.84 Å². The fourth-order valence-corrected chi connectivity index (χ4v) is 0.782. The molecule has 1 amide bonds. The molecule has 0 spiro atoms. The number of nitrogens with two attached hydrogens (primary N) is 2. The Kier molecular flexibility index (Phi) is 5.30. The van der Waals surface area contributed by atoms with Crippen molar-refractivity contribution >= 4 is 11.6 Å². The number of hydrogen-bond acceptors (Lipinski definition) is 3. The molecular formula is C9H15N3O. The molecule has 0 atom stereocenters. The van der Waals surface area contributed by atoms with Crippen LogP contribution in [0, 0.1) is 0 Å². The number of hydrazine groups is 1. The van der Waals surface area contributed by atoms with E-state index in [4.69, 9.17) is 11.6 Å². The van der Waals surface area contributed by atoms with Crippen molar-refractivity contribution in [3.8, 4) is 0 Å². The Labute approximate surface area is 77.9 Å². The normalized spacial score (nSPS) is 8.23. The van der Waals surface area contributed by atoms with E-state index in [2.05, 4.69) is 0 Å². The minimum absolute atomic E-state index is 0.372. The molecule has 4 nitrogen and oxygen atoms in total. The van der Waals surface area contributed by atoms with E-state index in [0.29, 0.717) is 11.3 Å². The zero-order valence-electron chi connectivity index (χ0n) is 7.87.